The van der Waals surface area contributed by atoms with Gasteiger partial charge in [-0.2, -0.15) is 5.26 Å². The first-order valence-corrected chi connectivity index (χ1v) is 5.29. The van der Waals surface area contributed by atoms with E-state index in [2.05, 4.69) is 29.9 Å². The molecule has 0 N–H and O–H groups in total. The van der Waals surface area contributed by atoms with E-state index in [0.717, 1.165) is 25.5 Å². The van der Waals surface area contributed by atoms with Gasteiger partial charge in [-0.05, 0) is 26.3 Å². The third-order valence-corrected chi connectivity index (χ3v) is 3.25. The number of rotatable bonds is 0. The summed E-state index contributed by atoms with van der Waals surface area (Å²) in [7, 11) is 0. The Labute approximate surface area is 90.5 Å². The maximum atomic E-state index is 8.90. The topological polar surface area (TPSA) is 42.6 Å². The smallest absolute Gasteiger partial charge is 0.179 e. The molecule has 4 nitrogen and oxygen atoms in total. The number of hydrogen-bond donors (Lipinski definition) is 0. The second-order valence-corrected chi connectivity index (χ2v) is 4.16. The zero-order valence-electron chi connectivity index (χ0n) is 9.49. The van der Waals surface area contributed by atoms with Crippen LogP contribution in [0.4, 0.5) is 0 Å². The molecule has 2 aliphatic rings. The first-order valence-electron chi connectivity index (χ1n) is 5.29. The van der Waals surface area contributed by atoms with Crippen molar-refractivity contribution in [2.24, 2.45) is 4.99 Å². The lowest BCUT2D eigenvalue weighted by atomic mass is 10.0. The normalized spacial score (nSPS) is 26.0. The number of amidine groups is 1. The highest BCUT2D eigenvalue weighted by Gasteiger charge is 2.28. The average molecular weight is 204 g/mol. The van der Waals surface area contributed by atoms with E-state index in [0.29, 0.717) is 0 Å². The fraction of sp³-hybridized carbons (Fsp3) is 0.636. The van der Waals surface area contributed by atoms with Gasteiger partial charge in [0.05, 0.1) is 12.6 Å². The number of aliphatic imine (C=N–C) groups is 1. The molecule has 4 heteroatoms. The van der Waals surface area contributed by atoms with E-state index in [9.17, 15) is 0 Å². The molecular weight excluding hydrogens is 188 g/mol. The highest BCUT2D eigenvalue weighted by molar-refractivity contribution is 5.83. The Balaban J connectivity index is 2.31. The van der Waals surface area contributed by atoms with E-state index in [1.807, 2.05) is 6.92 Å². The summed E-state index contributed by atoms with van der Waals surface area (Å²) in [6.07, 6.45) is 2.22. The van der Waals surface area contributed by atoms with Gasteiger partial charge in [-0.1, -0.05) is 0 Å². The summed E-state index contributed by atoms with van der Waals surface area (Å²) in [6, 6.07) is 0.259. The summed E-state index contributed by atoms with van der Waals surface area (Å²) in [5.41, 5.74) is 2.56. The highest BCUT2D eigenvalue weighted by Crippen LogP contribution is 2.25. The van der Waals surface area contributed by atoms with Gasteiger partial charge < -0.3 is 9.80 Å². The SMILES string of the molecule is CC1=NC(C)C(C)=C2CN(C#N)CCN12. The molecule has 0 aliphatic carbocycles. The molecule has 80 valence electrons. The Kier molecular flexibility index (Phi) is 2.39. The molecule has 0 bridgehead atoms. The third-order valence-electron chi connectivity index (χ3n) is 3.25. The Morgan fingerprint density at radius 1 is 1.40 bits per heavy atom. The molecule has 2 aliphatic heterocycles. The lowest BCUT2D eigenvalue weighted by molar-refractivity contribution is 0.286. The van der Waals surface area contributed by atoms with E-state index < -0.39 is 0 Å². The van der Waals surface area contributed by atoms with Crippen LogP contribution in [0.1, 0.15) is 20.8 Å². The van der Waals surface area contributed by atoms with Gasteiger partial charge in [0.1, 0.15) is 5.84 Å². The van der Waals surface area contributed by atoms with Crippen molar-refractivity contribution in [3.63, 3.8) is 0 Å². The van der Waals surface area contributed by atoms with Crippen molar-refractivity contribution in [3.05, 3.63) is 11.3 Å². The summed E-state index contributed by atoms with van der Waals surface area (Å²) in [5.74, 6) is 1.08. The van der Waals surface area contributed by atoms with Crippen LogP contribution in [-0.4, -0.2) is 41.3 Å². The monoisotopic (exact) mass is 204 g/mol. The van der Waals surface area contributed by atoms with Gasteiger partial charge in [-0.3, -0.25) is 4.99 Å². The van der Waals surface area contributed by atoms with Gasteiger partial charge >= 0.3 is 0 Å². The van der Waals surface area contributed by atoms with E-state index in [4.69, 9.17) is 5.26 Å². The maximum Gasteiger partial charge on any atom is 0.179 e. The Morgan fingerprint density at radius 3 is 2.80 bits per heavy atom. The third kappa shape index (κ3) is 1.58. The van der Waals surface area contributed by atoms with Crippen LogP contribution in [0.2, 0.25) is 0 Å². The van der Waals surface area contributed by atoms with Crippen molar-refractivity contribution in [1.82, 2.24) is 9.80 Å². The van der Waals surface area contributed by atoms with E-state index in [1.165, 1.54) is 11.3 Å². The van der Waals surface area contributed by atoms with Gasteiger partial charge in [0.25, 0.3) is 0 Å². The van der Waals surface area contributed by atoms with Gasteiger partial charge in [-0.15, -0.1) is 0 Å². The quantitative estimate of drug-likeness (QED) is 0.556. The number of nitriles is 1. The fourth-order valence-electron chi connectivity index (χ4n) is 2.17. The van der Waals surface area contributed by atoms with Gasteiger partial charge in [0, 0.05) is 18.8 Å². The molecule has 1 saturated heterocycles. The lowest BCUT2D eigenvalue weighted by Crippen LogP contribution is -2.47. The van der Waals surface area contributed by atoms with Crippen LogP contribution in [-0.2, 0) is 0 Å². The standard InChI is InChI=1S/C11H16N4/c1-8-9(2)13-10(3)15-5-4-14(7-12)6-11(8)15/h9H,4-6H2,1-3H3. The summed E-state index contributed by atoms with van der Waals surface area (Å²) in [6.45, 7) is 8.68. The van der Waals surface area contributed by atoms with Crippen LogP contribution in [0.25, 0.3) is 0 Å². The highest BCUT2D eigenvalue weighted by atomic mass is 15.3. The van der Waals surface area contributed by atoms with Gasteiger partial charge in [0.2, 0.25) is 0 Å². The molecule has 0 saturated carbocycles. The molecule has 1 fully saturated rings. The second kappa shape index (κ2) is 3.58. The predicted molar refractivity (Wildman–Crippen MR) is 59.2 cm³/mol. The van der Waals surface area contributed by atoms with E-state index >= 15 is 0 Å². The van der Waals surface area contributed by atoms with Crippen molar-refractivity contribution in [2.75, 3.05) is 19.6 Å². The molecule has 1 unspecified atom stereocenters. The van der Waals surface area contributed by atoms with Crippen molar-refractivity contribution in [3.8, 4) is 6.19 Å². The number of hydrogen-bond acceptors (Lipinski definition) is 4. The van der Waals surface area contributed by atoms with Gasteiger partial charge in [-0.25, -0.2) is 0 Å². The average Bonchev–Trinajstić information content (AvgIpc) is 2.25. The maximum absolute atomic E-state index is 8.90. The van der Waals surface area contributed by atoms with Crippen LogP contribution in [0, 0.1) is 11.5 Å². The first-order chi connectivity index (χ1) is 7.13. The van der Waals surface area contributed by atoms with Crippen molar-refractivity contribution in [1.29, 1.82) is 5.26 Å². The molecule has 15 heavy (non-hydrogen) atoms. The van der Waals surface area contributed by atoms with Gasteiger partial charge in [0.15, 0.2) is 6.19 Å². The van der Waals surface area contributed by atoms with Crippen LogP contribution in [0.3, 0.4) is 0 Å². The fourth-order valence-corrected chi connectivity index (χ4v) is 2.17. The van der Waals surface area contributed by atoms with Crippen LogP contribution in [0.5, 0.6) is 0 Å². The van der Waals surface area contributed by atoms with E-state index in [1.54, 1.807) is 4.90 Å². The molecule has 0 aromatic carbocycles. The molecule has 0 amide bonds. The second-order valence-electron chi connectivity index (χ2n) is 4.16. The zero-order chi connectivity index (χ0) is 11.0. The minimum absolute atomic E-state index is 0.259. The Hall–Kier alpha value is -1.50. The number of piperazine rings is 1. The molecule has 2 rings (SSSR count). The number of nitrogens with zero attached hydrogens (tertiary/aromatic N) is 4. The minimum atomic E-state index is 0.259. The molecule has 1 atom stereocenters. The lowest BCUT2D eigenvalue weighted by Gasteiger charge is -2.40. The Morgan fingerprint density at radius 2 is 2.13 bits per heavy atom. The summed E-state index contributed by atoms with van der Waals surface area (Å²) < 4.78 is 0. The minimum Gasteiger partial charge on any atom is -0.330 e. The van der Waals surface area contributed by atoms with Crippen LogP contribution in [0.15, 0.2) is 16.3 Å². The largest absolute Gasteiger partial charge is 0.330 e. The number of fused-ring (bicyclic) bond motifs is 1. The van der Waals surface area contributed by atoms with Crippen molar-refractivity contribution >= 4 is 5.84 Å². The molecule has 0 aromatic rings. The molecule has 0 aromatic heterocycles. The van der Waals surface area contributed by atoms with Crippen molar-refractivity contribution < 1.29 is 0 Å². The van der Waals surface area contributed by atoms with Crippen LogP contribution >= 0.6 is 0 Å². The molecule has 2 heterocycles. The Bertz CT molecular complexity index is 375. The van der Waals surface area contributed by atoms with Crippen LogP contribution < -0.4 is 0 Å². The molecule has 0 radical (unpaired) electrons. The zero-order valence-corrected chi connectivity index (χ0v) is 9.49. The molecule has 0 spiro atoms. The van der Waals surface area contributed by atoms with E-state index in [-0.39, 0.29) is 6.04 Å². The first kappa shape index (κ1) is 10.0. The van der Waals surface area contributed by atoms with Crippen molar-refractivity contribution in [2.45, 2.75) is 26.8 Å². The summed E-state index contributed by atoms with van der Waals surface area (Å²) in [5, 5.41) is 8.90. The summed E-state index contributed by atoms with van der Waals surface area (Å²) >= 11 is 0. The summed E-state index contributed by atoms with van der Waals surface area (Å²) in [4.78, 5) is 8.63. The molecular formula is C11H16N4. The predicted octanol–water partition coefficient (Wildman–Crippen LogP) is 1.18.